The summed E-state index contributed by atoms with van der Waals surface area (Å²) in [6.07, 6.45) is 5.20. The molecule has 3 rings (SSSR count). The maximum atomic E-state index is 12.2. The standard InChI is InChI=1S/C22H23F2NO3S/c23-22(24)28-19-7-4-16(5-8-19)6-9-21(26)25-18-3-1-2-17(14-18)15-29-20-10-12-27-13-11-20/h1-9,14,20,22H,10-13,15H2,(H,25,26)/b9-6+. The van der Waals surface area contributed by atoms with Gasteiger partial charge in [0.1, 0.15) is 5.75 Å². The highest BCUT2D eigenvalue weighted by Crippen LogP contribution is 2.26. The fourth-order valence-electron chi connectivity index (χ4n) is 2.91. The first-order valence-corrected chi connectivity index (χ1v) is 10.5. The first kappa shape index (κ1) is 21.3. The van der Waals surface area contributed by atoms with Crippen molar-refractivity contribution in [2.24, 2.45) is 0 Å². The minimum atomic E-state index is -2.85. The first-order valence-electron chi connectivity index (χ1n) is 9.41. The maximum absolute atomic E-state index is 12.2. The Morgan fingerprint density at radius 3 is 2.69 bits per heavy atom. The molecular formula is C22H23F2NO3S. The van der Waals surface area contributed by atoms with Gasteiger partial charge < -0.3 is 14.8 Å². The van der Waals surface area contributed by atoms with Crippen LogP contribution in [0.2, 0.25) is 0 Å². The van der Waals surface area contributed by atoms with Crippen molar-refractivity contribution in [2.75, 3.05) is 18.5 Å². The first-order chi connectivity index (χ1) is 14.1. The summed E-state index contributed by atoms with van der Waals surface area (Å²) in [7, 11) is 0. The lowest BCUT2D eigenvalue weighted by Gasteiger charge is -2.21. The summed E-state index contributed by atoms with van der Waals surface area (Å²) in [6.45, 7) is -1.18. The van der Waals surface area contributed by atoms with Crippen molar-refractivity contribution in [3.63, 3.8) is 0 Å². The van der Waals surface area contributed by atoms with E-state index in [9.17, 15) is 13.6 Å². The molecule has 1 aliphatic heterocycles. The largest absolute Gasteiger partial charge is 0.435 e. The molecule has 0 aromatic heterocycles. The molecule has 1 aliphatic rings. The number of ether oxygens (including phenoxy) is 2. The number of hydrogen-bond donors (Lipinski definition) is 1. The molecule has 0 atom stereocenters. The van der Waals surface area contributed by atoms with Crippen molar-refractivity contribution < 1.29 is 23.0 Å². The highest BCUT2D eigenvalue weighted by molar-refractivity contribution is 7.99. The minimum absolute atomic E-state index is 0.0806. The molecule has 1 heterocycles. The van der Waals surface area contributed by atoms with E-state index in [2.05, 4.69) is 16.1 Å². The molecule has 1 N–H and O–H groups in total. The number of benzene rings is 2. The normalized spacial score (nSPS) is 15.0. The highest BCUT2D eigenvalue weighted by atomic mass is 32.2. The summed E-state index contributed by atoms with van der Waals surface area (Å²) in [5.41, 5.74) is 2.62. The van der Waals surface area contributed by atoms with E-state index in [4.69, 9.17) is 4.74 Å². The lowest BCUT2D eigenvalue weighted by molar-refractivity contribution is -0.111. The average molecular weight is 419 g/mol. The van der Waals surface area contributed by atoms with Crippen LogP contribution in [0.4, 0.5) is 14.5 Å². The Morgan fingerprint density at radius 2 is 1.97 bits per heavy atom. The number of rotatable bonds is 8. The van der Waals surface area contributed by atoms with Crippen molar-refractivity contribution in [1.82, 2.24) is 0 Å². The Kier molecular flexibility index (Phi) is 8.07. The van der Waals surface area contributed by atoms with E-state index in [-0.39, 0.29) is 11.7 Å². The van der Waals surface area contributed by atoms with Gasteiger partial charge in [-0.25, -0.2) is 0 Å². The number of anilines is 1. The fraction of sp³-hybridized carbons (Fsp3) is 0.318. The summed E-state index contributed by atoms with van der Waals surface area (Å²) in [4.78, 5) is 12.2. The Balaban J connectivity index is 1.50. The summed E-state index contributed by atoms with van der Waals surface area (Å²) in [5, 5.41) is 3.48. The van der Waals surface area contributed by atoms with Crippen LogP contribution in [0.25, 0.3) is 6.08 Å². The van der Waals surface area contributed by atoms with Gasteiger partial charge in [-0.3, -0.25) is 4.79 Å². The molecule has 0 bridgehead atoms. The highest BCUT2D eigenvalue weighted by Gasteiger charge is 2.14. The van der Waals surface area contributed by atoms with Gasteiger partial charge in [-0.15, -0.1) is 0 Å². The summed E-state index contributed by atoms with van der Waals surface area (Å²) >= 11 is 1.93. The van der Waals surface area contributed by atoms with Gasteiger partial charge in [0.2, 0.25) is 5.91 Å². The molecule has 4 nitrogen and oxygen atoms in total. The number of carbonyl (C=O) groups is 1. The van der Waals surface area contributed by atoms with E-state index in [1.165, 1.54) is 18.2 Å². The molecule has 0 aliphatic carbocycles. The van der Waals surface area contributed by atoms with E-state index in [1.807, 2.05) is 30.0 Å². The molecule has 1 saturated heterocycles. The number of thioether (sulfide) groups is 1. The van der Waals surface area contributed by atoms with Gasteiger partial charge in [0.15, 0.2) is 0 Å². The second-order valence-corrected chi connectivity index (χ2v) is 7.88. The number of halogens is 2. The Labute approximate surface area is 173 Å². The maximum Gasteiger partial charge on any atom is 0.387 e. The number of amides is 1. The predicted octanol–water partition coefficient (Wildman–Crippen LogP) is 5.35. The van der Waals surface area contributed by atoms with Crippen molar-refractivity contribution in [2.45, 2.75) is 30.5 Å². The molecule has 2 aromatic carbocycles. The van der Waals surface area contributed by atoms with Gasteiger partial charge in [-0.05, 0) is 54.3 Å². The number of alkyl halides is 2. The van der Waals surface area contributed by atoms with Crippen LogP contribution in [0.15, 0.2) is 54.6 Å². The Bertz CT molecular complexity index is 821. The number of hydrogen-bond acceptors (Lipinski definition) is 4. The molecule has 154 valence electrons. The smallest absolute Gasteiger partial charge is 0.387 e. The van der Waals surface area contributed by atoms with Crippen molar-refractivity contribution in [1.29, 1.82) is 0 Å². The Hall–Kier alpha value is -2.38. The summed E-state index contributed by atoms with van der Waals surface area (Å²) in [6, 6.07) is 13.9. The molecule has 0 unspecified atom stereocenters. The lowest BCUT2D eigenvalue weighted by Crippen LogP contribution is -2.17. The zero-order chi connectivity index (χ0) is 20.5. The van der Waals surface area contributed by atoms with Crippen LogP contribution in [-0.2, 0) is 15.3 Å². The van der Waals surface area contributed by atoms with Crippen LogP contribution in [-0.4, -0.2) is 31.0 Å². The van der Waals surface area contributed by atoms with E-state index in [1.54, 1.807) is 18.2 Å². The number of nitrogens with one attached hydrogen (secondary N) is 1. The average Bonchev–Trinajstić information content (AvgIpc) is 2.72. The van der Waals surface area contributed by atoms with Gasteiger partial charge in [-0.2, -0.15) is 20.5 Å². The van der Waals surface area contributed by atoms with Crippen molar-refractivity contribution >= 4 is 29.4 Å². The van der Waals surface area contributed by atoms with Crippen LogP contribution in [0.1, 0.15) is 24.0 Å². The van der Waals surface area contributed by atoms with Gasteiger partial charge in [0.05, 0.1) is 0 Å². The molecule has 1 amide bonds. The third-order valence-electron chi connectivity index (χ3n) is 4.38. The minimum Gasteiger partial charge on any atom is -0.435 e. The van der Waals surface area contributed by atoms with Crippen LogP contribution in [0, 0.1) is 0 Å². The molecule has 0 saturated carbocycles. The molecule has 2 aromatic rings. The lowest BCUT2D eigenvalue weighted by atomic mass is 10.2. The predicted molar refractivity (Wildman–Crippen MR) is 112 cm³/mol. The van der Waals surface area contributed by atoms with Crippen LogP contribution < -0.4 is 10.1 Å². The third kappa shape index (κ3) is 7.51. The second kappa shape index (κ2) is 11.0. The van der Waals surface area contributed by atoms with Gasteiger partial charge in [0, 0.05) is 36.0 Å². The SMILES string of the molecule is O=C(/C=C/c1ccc(OC(F)F)cc1)Nc1cccc(CSC2CCOCC2)c1. The van der Waals surface area contributed by atoms with E-state index in [0.717, 1.165) is 43.1 Å². The van der Waals surface area contributed by atoms with Gasteiger partial charge >= 0.3 is 6.61 Å². The fourth-order valence-corrected chi connectivity index (χ4v) is 4.05. The molecule has 0 spiro atoms. The van der Waals surface area contributed by atoms with Gasteiger partial charge in [0.25, 0.3) is 0 Å². The van der Waals surface area contributed by atoms with Crippen LogP contribution in [0.5, 0.6) is 5.75 Å². The topological polar surface area (TPSA) is 47.6 Å². The van der Waals surface area contributed by atoms with Crippen LogP contribution in [0.3, 0.4) is 0 Å². The molecule has 0 radical (unpaired) electrons. The van der Waals surface area contributed by atoms with E-state index < -0.39 is 6.61 Å². The third-order valence-corrected chi connectivity index (χ3v) is 5.82. The van der Waals surface area contributed by atoms with Crippen LogP contribution >= 0.6 is 11.8 Å². The molecule has 1 fully saturated rings. The quantitative estimate of drug-likeness (QED) is 0.586. The molecular weight excluding hydrogens is 396 g/mol. The monoisotopic (exact) mass is 419 g/mol. The zero-order valence-corrected chi connectivity index (χ0v) is 16.7. The van der Waals surface area contributed by atoms with Gasteiger partial charge in [-0.1, -0.05) is 24.3 Å². The number of carbonyl (C=O) groups excluding carboxylic acids is 1. The Morgan fingerprint density at radius 1 is 1.21 bits per heavy atom. The molecule has 7 heteroatoms. The van der Waals surface area contributed by atoms with E-state index in [0.29, 0.717) is 10.8 Å². The van der Waals surface area contributed by atoms with Crippen molar-refractivity contribution in [3.8, 4) is 5.75 Å². The van der Waals surface area contributed by atoms with E-state index >= 15 is 0 Å². The second-order valence-electron chi connectivity index (χ2n) is 6.59. The zero-order valence-electron chi connectivity index (χ0n) is 15.9. The van der Waals surface area contributed by atoms with Crippen molar-refractivity contribution in [3.05, 3.63) is 65.7 Å². The summed E-state index contributed by atoms with van der Waals surface area (Å²) in [5.74, 6) is 0.723. The summed E-state index contributed by atoms with van der Waals surface area (Å²) < 4.78 is 34.0. The molecule has 29 heavy (non-hydrogen) atoms.